The summed E-state index contributed by atoms with van der Waals surface area (Å²) in [6, 6.07) is 4.75. The van der Waals surface area contributed by atoms with Crippen molar-refractivity contribution in [3.63, 3.8) is 0 Å². The van der Waals surface area contributed by atoms with Gasteiger partial charge in [-0.15, -0.1) is 11.8 Å². The molecule has 0 radical (unpaired) electrons. The van der Waals surface area contributed by atoms with Crippen LogP contribution < -0.4 is 39.6 Å². The van der Waals surface area contributed by atoms with Gasteiger partial charge in [-0.1, -0.05) is 36.4 Å². The molecule has 1 heterocycles. The summed E-state index contributed by atoms with van der Waals surface area (Å²) in [5.74, 6) is 0. The fourth-order valence-corrected chi connectivity index (χ4v) is 3.83. The first-order chi connectivity index (χ1) is 9.90. The van der Waals surface area contributed by atoms with Crippen LogP contribution in [0, 0.1) is 0 Å². The van der Waals surface area contributed by atoms with Crippen LogP contribution in [0.5, 0.6) is 0 Å². The zero-order chi connectivity index (χ0) is 15.5. The zero-order valence-corrected chi connectivity index (χ0v) is 16.9. The molecule has 0 aliphatic heterocycles. The van der Waals surface area contributed by atoms with Gasteiger partial charge < -0.3 is 1.43 Å². The van der Waals surface area contributed by atoms with E-state index in [1.807, 2.05) is 11.0 Å². The summed E-state index contributed by atoms with van der Waals surface area (Å²) in [5, 5.41) is 2.95. The Labute approximate surface area is 172 Å². The number of thiazole rings is 1. The molecule has 1 aromatic carbocycles. The summed E-state index contributed by atoms with van der Waals surface area (Å²) in [6.45, 7) is 0. The summed E-state index contributed by atoms with van der Waals surface area (Å²) in [5.41, 5.74) is 0. The average molecular weight is 404 g/mol. The topological polar surface area (TPSA) is 88.2 Å². The second-order valence-electron chi connectivity index (χ2n) is 3.71. The number of nitrogens with one attached hydrogen (secondary N) is 2. The minimum Gasteiger partial charge on any atom is -1.00 e. The van der Waals surface area contributed by atoms with E-state index in [1.165, 1.54) is 41.3 Å². The maximum atomic E-state index is 12.0. The van der Waals surface area contributed by atoms with Gasteiger partial charge in [0.1, 0.15) is 0 Å². The van der Waals surface area contributed by atoms with Crippen LogP contribution in [0.3, 0.4) is 0 Å². The van der Waals surface area contributed by atoms with Crippen molar-refractivity contribution in [3.8, 4) is 0 Å². The Hall–Kier alpha value is -0.290. The molecule has 2 amide bonds. The van der Waals surface area contributed by atoms with Crippen LogP contribution in [0.15, 0.2) is 39.6 Å². The number of rotatable bonds is 4. The van der Waals surface area contributed by atoms with E-state index in [9.17, 15) is 13.2 Å². The maximum absolute atomic E-state index is 12.0. The van der Waals surface area contributed by atoms with Gasteiger partial charge in [0.15, 0.2) is 5.13 Å². The molecule has 0 aliphatic carbocycles. The third-order valence-corrected chi connectivity index (χ3v) is 5.77. The summed E-state index contributed by atoms with van der Waals surface area (Å²) in [7, 11) is -3.98. The quantitative estimate of drug-likeness (QED) is 0.582. The van der Waals surface area contributed by atoms with Crippen molar-refractivity contribution in [1.29, 1.82) is 0 Å². The number of hydrogen-bond acceptors (Lipinski definition) is 6. The number of carbonyl (C=O) groups excluding carboxylic acids is 1. The molecule has 0 spiro atoms. The molecule has 0 bridgehead atoms. The van der Waals surface area contributed by atoms with Gasteiger partial charge in [-0.25, -0.2) is 22.9 Å². The third kappa shape index (κ3) is 6.61. The number of carbonyl (C=O) groups is 1. The number of sulfonamides is 1. The van der Waals surface area contributed by atoms with Gasteiger partial charge in [0.25, 0.3) is 10.0 Å². The van der Waals surface area contributed by atoms with E-state index in [2.05, 4.69) is 10.3 Å². The summed E-state index contributed by atoms with van der Waals surface area (Å²) >= 11 is 8.46. The minimum atomic E-state index is -3.98. The van der Waals surface area contributed by atoms with Crippen LogP contribution >= 0.6 is 34.7 Å². The SMILES string of the molecule is C.CSc1cnc(NC(=O)NS(=O)(=O)c2cccc(Cl)c2)s1.[H-].[Na+]. The standard InChI is InChI=1S/C11H10ClN3O3S3.CH4.Na.H/c1-19-9-6-13-11(20-9)14-10(16)15-21(17,18)8-4-2-3-7(12)5-8;;;/h2-6H,1H3,(H2,13,14,15,16);1H4;;/q;;+1;-1. The number of anilines is 1. The van der Waals surface area contributed by atoms with Gasteiger partial charge in [0.2, 0.25) is 0 Å². The smallest absolute Gasteiger partial charge is 1.00 e. The monoisotopic (exact) mass is 403 g/mol. The van der Waals surface area contributed by atoms with Gasteiger partial charge in [-0.05, 0) is 24.5 Å². The molecule has 2 aromatic rings. The number of amides is 2. The van der Waals surface area contributed by atoms with Crippen LogP contribution in [0.2, 0.25) is 5.02 Å². The number of hydrogen-bond donors (Lipinski definition) is 2. The van der Waals surface area contributed by atoms with Crippen LogP contribution in [0.4, 0.5) is 9.93 Å². The van der Waals surface area contributed by atoms with Crippen LogP contribution in [-0.4, -0.2) is 25.7 Å². The van der Waals surface area contributed by atoms with Gasteiger partial charge in [0, 0.05) is 5.02 Å². The van der Waals surface area contributed by atoms with Crippen LogP contribution in [-0.2, 0) is 10.0 Å². The normalized spacial score (nSPS) is 10.2. The Kier molecular flexibility index (Phi) is 9.75. The second kappa shape index (κ2) is 9.87. The first kappa shape index (κ1) is 22.7. The molecule has 11 heteroatoms. The molecule has 0 unspecified atom stereocenters. The molecule has 2 rings (SSSR count). The zero-order valence-electron chi connectivity index (χ0n) is 12.7. The van der Waals surface area contributed by atoms with Crippen molar-refractivity contribution < 1.29 is 44.2 Å². The molecule has 0 saturated carbocycles. The predicted octanol–water partition coefficient (Wildman–Crippen LogP) is 0.781. The Morgan fingerprint density at radius 2 is 2.13 bits per heavy atom. The minimum absolute atomic E-state index is 0. The van der Waals surface area contributed by atoms with E-state index in [0.717, 1.165) is 4.21 Å². The molecule has 0 saturated heterocycles. The number of nitrogens with zero attached hydrogens (tertiary/aromatic N) is 1. The summed E-state index contributed by atoms with van der Waals surface area (Å²) < 4.78 is 26.8. The molecule has 23 heavy (non-hydrogen) atoms. The second-order valence-corrected chi connectivity index (χ2v) is 7.96. The number of thioether (sulfide) groups is 1. The van der Waals surface area contributed by atoms with E-state index >= 15 is 0 Å². The van der Waals surface area contributed by atoms with Gasteiger partial charge in [-0.2, -0.15) is 0 Å². The average Bonchev–Trinajstić information content (AvgIpc) is 2.85. The number of urea groups is 1. The van der Waals surface area contributed by atoms with E-state index in [1.54, 1.807) is 12.3 Å². The van der Waals surface area contributed by atoms with E-state index < -0.39 is 16.1 Å². The fraction of sp³-hybridized carbons (Fsp3) is 0.167. The van der Waals surface area contributed by atoms with Crippen molar-refractivity contribution in [2.24, 2.45) is 0 Å². The molecular formula is C12H15ClN3NaO3S3. The van der Waals surface area contributed by atoms with Gasteiger partial charge >= 0.3 is 35.6 Å². The Morgan fingerprint density at radius 1 is 1.43 bits per heavy atom. The van der Waals surface area contributed by atoms with Crippen molar-refractivity contribution in [3.05, 3.63) is 35.5 Å². The van der Waals surface area contributed by atoms with Crippen LogP contribution in [0.25, 0.3) is 0 Å². The van der Waals surface area contributed by atoms with Crippen molar-refractivity contribution in [2.75, 3.05) is 11.6 Å². The van der Waals surface area contributed by atoms with Crippen molar-refractivity contribution in [2.45, 2.75) is 16.5 Å². The van der Waals surface area contributed by atoms with Crippen molar-refractivity contribution >= 4 is 55.9 Å². The summed E-state index contributed by atoms with van der Waals surface area (Å²) in [6.07, 6.45) is 3.47. The summed E-state index contributed by atoms with van der Waals surface area (Å²) in [4.78, 5) is 15.6. The molecular weight excluding hydrogens is 389 g/mol. The van der Waals surface area contributed by atoms with E-state index in [-0.39, 0.29) is 48.3 Å². The molecule has 1 aromatic heterocycles. The van der Waals surface area contributed by atoms with E-state index in [0.29, 0.717) is 5.13 Å². The first-order valence-corrected chi connectivity index (χ1v) is 9.40. The Morgan fingerprint density at radius 3 is 2.70 bits per heavy atom. The largest absolute Gasteiger partial charge is 1.00 e. The Bertz CT molecular complexity index is 774. The van der Waals surface area contributed by atoms with Crippen LogP contribution in [0.1, 0.15) is 8.85 Å². The molecule has 122 valence electrons. The molecule has 0 atom stereocenters. The van der Waals surface area contributed by atoms with E-state index in [4.69, 9.17) is 11.6 Å². The number of benzene rings is 1. The van der Waals surface area contributed by atoms with Crippen molar-refractivity contribution in [1.82, 2.24) is 9.71 Å². The molecule has 0 fully saturated rings. The number of aromatic nitrogens is 1. The fourth-order valence-electron chi connectivity index (χ4n) is 1.35. The predicted molar refractivity (Wildman–Crippen MR) is 92.5 cm³/mol. The molecule has 6 nitrogen and oxygen atoms in total. The third-order valence-electron chi connectivity index (χ3n) is 2.24. The van der Waals surface area contributed by atoms with Gasteiger partial charge in [0.05, 0.1) is 15.3 Å². The Balaban J connectivity index is 0. The molecule has 0 aliphatic rings. The molecule has 2 N–H and O–H groups in total. The maximum Gasteiger partial charge on any atom is 1.00 e. The first-order valence-electron chi connectivity index (χ1n) is 5.50. The number of halogens is 1. The van der Waals surface area contributed by atoms with Gasteiger partial charge in [-0.3, -0.25) is 5.32 Å².